The first-order valence-corrected chi connectivity index (χ1v) is 5.59. The zero-order valence-corrected chi connectivity index (χ0v) is 9.52. The Morgan fingerprint density at radius 2 is 2.07 bits per heavy atom. The van der Waals surface area contributed by atoms with E-state index >= 15 is 0 Å². The summed E-state index contributed by atoms with van der Waals surface area (Å²) in [5.74, 6) is -2.99. The molecule has 2 nitrogen and oxygen atoms in total. The van der Waals surface area contributed by atoms with Crippen molar-refractivity contribution in [2.45, 2.75) is 51.5 Å². The van der Waals surface area contributed by atoms with Gasteiger partial charge in [0.25, 0.3) is 5.92 Å². The van der Waals surface area contributed by atoms with Gasteiger partial charge in [0.2, 0.25) is 0 Å². The van der Waals surface area contributed by atoms with Crippen molar-refractivity contribution in [3.63, 3.8) is 0 Å². The lowest BCUT2D eigenvalue weighted by Gasteiger charge is -2.39. The van der Waals surface area contributed by atoms with Gasteiger partial charge in [-0.05, 0) is 18.3 Å². The quantitative estimate of drug-likeness (QED) is 0.762. The van der Waals surface area contributed by atoms with Crippen molar-refractivity contribution in [1.82, 2.24) is 5.32 Å². The summed E-state index contributed by atoms with van der Waals surface area (Å²) < 4.78 is 25.7. The standard InChI is InChI=1S/C11H21F2NO/c1-10(2)6-4-3-5-9(10)14-7-11(12,13)8-15/h9,14-15H,3-8H2,1-2H3. The predicted octanol–water partition coefficient (Wildman–Crippen LogP) is 2.17. The van der Waals surface area contributed by atoms with Gasteiger partial charge in [0, 0.05) is 6.04 Å². The Bertz CT molecular complexity index is 207. The molecule has 1 saturated carbocycles. The van der Waals surface area contributed by atoms with Gasteiger partial charge in [-0.2, -0.15) is 0 Å². The van der Waals surface area contributed by atoms with Gasteiger partial charge in [0.1, 0.15) is 6.61 Å². The average Bonchev–Trinajstić information content (AvgIpc) is 2.16. The maximum Gasteiger partial charge on any atom is 0.282 e. The van der Waals surface area contributed by atoms with Gasteiger partial charge < -0.3 is 10.4 Å². The maximum atomic E-state index is 12.8. The summed E-state index contributed by atoms with van der Waals surface area (Å²) in [4.78, 5) is 0. The van der Waals surface area contributed by atoms with Gasteiger partial charge in [-0.25, -0.2) is 8.78 Å². The minimum atomic E-state index is -2.99. The van der Waals surface area contributed by atoms with Crippen LogP contribution in [0.3, 0.4) is 0 Å². The number of aliphatic hydroxyl groups is 1. The molecule has 15 heavy (non-hydrogen) atoms. The first-order valence-electron chi connectivity index (χ1n) is 5.59. The number of halogens is 2. The molecule has 0 heterocycles. The van der Waals surface area contributed by atoms with Crippen molar-refractivity contribution >= 4 is 0 Å². The summed E-state index contributed by atoms with van der Waals surface area (Å²) in [6, 6.07) is 0.142. The Hall–Kier alpha value is -0.220. The Labute approximate surface area is 90.1 Å². The molecule has 0 radical (unpaired) electrons. The monoisotopic (exact) mass is 221 g/mol. The van der Waals surface area contributed by atoms with Crippen LogP contribution in [0.4, 0.5) is 8.78 Å². The van der Waals surface area contributed by atoms with Gasteiger partial charge >= 0.3 is 0 Å². The largest absolute Gasteiger partial charge is 0.390 e. The van der Waals surface area contributed by atoms with Gasteiger partial charge in [0.05, 0.1) is 6.54 Å². The molecule has 1 fully saturated rings. The fourth-order valence-electron chi connectivity index (χ4n) is 2.20. The highest BCUT2D eigenvalue weighted by atomic mass is 19.3. The van der Waals surface area contributed by atoms with E-state index in [2.05, 4.69) is 19.2 Å². The minimum Gasteiger partial charge on any atom is -0.390 e. The number of nitrogens with one attached hydrogen (secondary N) is 1. The second-order valence-corrected chi connectivity index (χ2v) is 5.18. The summed E-state index contributed by atoms with van der Waals surface area (Å²) in [7, 11) is 0. The van der Waals surface area contributed by atoms with Crippen LogP contribution in [0, 0.1) is 5.41 Å². The lowest BCUT2D eigenvalue weighted by Crippen LogP contribution is -2.49. The SMILES string of the molecule is CC1(C)CCCCC1NCC(F)(F)CO. The number of aliphatic hydroxyl groups excluding tert-OH is 1. The third-order valence-electron chi connectivity index (χ3n) is 3.35. The predicted molar refractivity (Wildman–Crippen MR) is 56.1 cm³/mol. The normalized spacial score (nSPS) is 26.6. The van der Waals surface area contributed by atoms with Gasteiger partial charge in [-0.1, -0.05) is 26.7 Å². The van der Waals surface area contributed by atoms with E-state index in [-0.39, 0.29) is 11.5 Å². The van der Waals surface area contributed by atoms with E-state index in [1.807, 2.05) is 0 Å². The molecule has 1 aliphatic rings. The minimum absolute atomic E-state index is 0.0871. The van der Waals surface area contributed by atoms with E-state index < -0.39 is 19.1 Å². The molecule has 1 aliphatic carbocycles. The lowest BCUT2D eigenvalue weighted by molar-refractivity contribution is -0.0531. The van der Waals surface area contributed by atoms with Crippen molar-refractivity contribution in [2.75, 3.05) is 13.2 Å². The van der Waals surface area contributed by atoms with Crippen LogP contribution >= 0.6 is 0 Å². The van der Waals surface area contributed by atoms with Gasteiger partial charge in [0.15, 0.2) is 0 Å². The molecule has 2 N–H and O–H groups in total. The van der Waals surface area contributed by atoms with Crippen molar-refractivity contribution in [2.24, 2.45) is 5.41 Å². The van der Waals surface area contributed by atoms with Crippen LogP contribution in [0.5, 0.6) is 0 Å². The zero-order chi connectivity index (χ0) is 11.5. The molecule has 0 aromatic heterocycles. The van der Waals surface area contributed by atoms with Crippen molar-refractivity contribution in [1.29, 1.82) is 0 Å². The molecule has 0 aromatic carbocycles. The molecule has 4 heteroatoms. The van der Waals surface area contributed by atoms with Crippen LogP contribution in [0.1, 0.15) is 39.5 Å². The van der Waals surface area contributed by atoms with Crippen LogP contribution in [0.2, 0.25) is 0 Å². The highest BCUT2D eigenvalue weighted by Gasteiger charge is 2.35. The molecule has 1 rings (SSSR count). The first-order chi connectivity index (χ1) is 6.87. The molecule has 0 bridgehead atoms. The van der Waals surface area contributed by atoms with Crippen molar-refractivity contribution in [3.8, 4) is 0 Å². The highest BCUT2D eigenvalue weighted by molar-refractivity contribution is 4.89. The van der Waals surface area contributed by atoms with E-state index in [4.69, 9.17) is 5.11 Å². The van der Waals surface area contributed by atoms with Crippen LogP contribution in [0.25, 0.3) is 0 Å². The van der Waals surface area contributed by atoms with Crippen LogP contribution in [-0.4, -0.2) is 30.2 Å². The van der Waals surface area contributed by atoms with Gasteiger partial charge in [-0.3, -0.25) is 0 Å². The average molecular weight is 221 g/mol. The maximum absolute atomic E-state index is 12.8. The Morgan fingerprint density at radius 1 is 1.40 bits per heavy atom. The summed E-state index contributed by atoms with van der Waals surface area (Å²) in [6.45, 7) is 2.73. The third kappa shape index (κ3) is 3.68. The Kier molecular flexibility index (Phi) is 4.06. The van der Waals surface area contributed by atoms with E-state index in [1.54, 1.807) is 0 Å². The summed E-state index contributed by atoms with van der Waals surface area (Å²) in [6.07, 6.45) is 4.32. The fourth-order valence-corrected chi connectivity index (χ4v) is 2.20. The number of hydrogen-bond acceptors (Lipinski definition) is 2. The Morgan fingerprint density at radius 3 is 2.60 bits per heavy atom. The lowest BCUT2D eigenvalue weighted by atomic mass is 9.73. The van der Waals surface area contributed by atoms with E-state index in [0.717, 1.165) is 19.3 Å². The second kappa shape index (κ2) is 4.74. The van der Waals surface area contributed by atoms with Crippen LogP contribution in [-0.2, 0) is 0 Å². The smallest absolute Gasteiger partial charge is 0.282 e. The zero-order valence-electron chi connectivity index (χ0n) is 9.52. The summed E-state index contributed by atoms with van der Waals surface area (Å²) in [5, 5.41) is 11.4. The molecule has 0 amide bonds. The summed E-state index contributed by atoms with van der Waals surface area (Å²) >= 11 is 0. The number of rotatable bonds is 4. The Balaban J connectivity index is 2.43. The van der Waals surface area contributed by atoms with Gasteiger partial charge in [-0.15, -0.1) is 0 Å². The van der Waals surface area contributed by atoms with Crippen LogP contribution in [0.15, 0.2) is 0 Å². The molecular formula is C11H21F2NO. The molecule has 0 aromatic rings. The molecule has 1 atom stereocenters. The molecule has 0 saturated heterocycles. The summed E-state index contributed by atoms with van der Waals surface area (Å²) in [5.41, 5.74) is 0.0871. The molecule has 0 aliphatic heterocycles. The van der Waals surface area contributed by atoms with E-state index in [1.165, 1.54) is 6.42 Å². The first kappa shape index (κ1) is 12.8. The van der Waals surface area contributed by atoms with Crippen molar-refractivity contribution < 1.29 is 13.9 Å². The van der Waals surface area contributed by atoms with E-state index in [9.17, 15) is 8.78 Å². The van der Waals surface area contributed by atoms with Crippen LogP contribution < -0.4 is 5.32 Å². The van der Waals surface area contributed by atoms with E-state index in [0.29, 0.717) is 0 Å². The molecule has 90 valence electrons. The van der Waals surface area contributed by atoms with Crippen molar-refractivity contribution in [3.05, 3.63) is 0 Å². The number of alkyl halides is 2. The number of hydrogen-bond donors (Lipinski definition) is 2. The molecular weight excluding hydrogens is 200 g/mol. The third-order valence-corrected chi connectivity index (χ3v) is 3.35. The topological polar surface area (TPSA) is 32.3 Å². The molecule has 0 spiro atoms. The molecule has 1 unspecified atom stereocenters. The highest BCUT2D eigenvalue weighted by Crippen LogP contribution is 2.35. The fraction of sp³-hybridized carbons (Fsp3) is 1.00. The second-order valence-electron chi connectivity index (χ2n) is 5.18.